The van der Waals surface area contributed by atoms with Crippen molar-refractivity contribution in [1.29, 1.82) is 0 Å². The van der Waals surface area contributed by atoms with E-state index in [1.807, 2.05) is 0 Å². The molecule has 3 saturated heterocycles. The molecule has 10 atom stereocenters. The molecule has 0 aromatic heterocycles. The summed E-state index contributed by atoms with van der Waals surface area (Å²) in [5, 5.41) is 48.9. The summed E-state index contributed by atoms with van der Waals surface area (Å²) in [6.45, 7) is -0.831. The van der Waals surface area contributed by atoms with Crippen LogP contribution in [0.5, 0.6) is 0 Å². The summed E-state index contributed by atoms with van der Waals surface area (Å²) in [5.74, 6) is 0. The highest BCUT2D eigenvalue weighted by molar-refractivity contribution is 7.80. The van der Waals surface area contributed by atoms with Crippen molar-refractivity contribution in [3.05, 3.63) is 0 Å². The maximum atomic E-state index is 10.9. The van der Waals surface area contributed by atoms with Crippen molar-refractivity contribution >= 4 is 10.4 Å². The van der Waals surface area contributed by atoms with E-state index in [1.54, 1.807) is 0 Å². The molecular weight excluding hydrogens is 384 g/mol. The first-order chi connectivity index (χ1) is 12.1. The van der Waals surface area contributed by atoms with Crippen LogP contribution in [-0.2, 0) is 33.5 Å². The van der Waals surface area contributed by atoms with Gasteiger partial charge in [0.25, 0.3) is 0 Å². The first-order valence-corrected chi connectivity index (χ1v) is 9.05. The van der Waals surface area contributed by atoms with Crippen molar-refractivity contribution in [2.24, 2.45) is 0 Å². The molecule has 3 rings (SSSR count). The number of fused-ring (bicyclic) bond motifs is 2. The minimum Gasteiger partial charge on any atom is -0.394 e. The van der Waals surface area contributed by atoms with Crippen molar-refractivity contribution < 1.29 is 61.6 Å². The van der Waals surface area contributed by atoms with E-state index in [2.05, 4.69) is 4.18 Å². The molecule has 14 heteroatoms. The van der Waals surface area contributed by atoms with E-state index in [4.69, 9.17) is 23.5 Å². The molecule has 3 heterocycles. The van der Waals surface area contributed by atoms with Crippen LogP contribution in [0.4, 0.5) is 0 Å². The Balaban J connectivity index is 1.72. The summed E-state index contributed by atoms with van der Waals surface area (Å²) in [6.07, 6.45) is -14.2. The third kappa shape index (κ3) is 3.87. The molecule has 0 amide bonds. The second kappa shape index (κ2) is 7.50. The van der Waals surface area contributed by atoms with Gasteiger partial charge in [0.1, 0.15) is 48.8 Å². The molecule has 26 heavy (non-hydrogen) atoms. The van der Waals surface area contributed by atoms with Gasteiger partial charge in [0.05, 0.1) is 13.2 Å². The SMILES string of the molecule is O=S(=O)(O)O[C@@H]1[C@H](O)[C@@H](O)[C@H](O[C@@H]2[C@@H]3OC[C@H]2O[C@H](O)[C@@H]3O)O[C@@H]1CO. The molecule has 0 aliphatic carbocycles. The number of aliphatic hydroxyl groups excluding tert-OH is 5. The Morgan fingerprint density at radius 1 is 1.00 bits per heavy atom. The van der Waals surface area contributed by atoms with Crippen LogP contribution in [0.1, 0.15) is 0 Å². The van der Waals surface area contributed by atoms with Crippen molar-refractivity contribution in [1.82, 2.24) is 0 Å². The van der Waals surface area contributed by atoms with Gasteiger partial charge in [-0.15, -0.1) is 0 Å². The third-order valence-electron chi connectivity index (χ3n) is 4.43. The largest absolute Gasteiger partial charge is 0.397 e. The molecule has 2 bridgehead atoms. The Morgan fingerprint density at radius 3 is 2.31 bits per heavy atom. The quantitative estimate of drug-likeness (QED) is 0.239. The van der Waals surface area contributed by atoms with Crippen molar-refractivity contribution in [3.63, 3.8) is 0 Å². The molecule has 13 nitrogen and oxygen atoms in total. The van der Waals surface area contributed by atoms with Gasteiger partial charge in [-0.25, -0.2) is 4.18 Å². The van der Waals surface area contributed by atoms with Crippen LogP contribution >= 0.6 is 0 Å². The second-order valence-corrected chi connectivity index (χ2v) is 7.20. The molecule has 0 saturated carbocycles. The summed E-state index contributed by atoms with van der Waals surface area (Å²) >= 11 is 0. The fourth-order valence-corrected chi connectivity index (χ4v) is 3.70. The molecule has 3 fully saturated rings. The molecule has 6 N–H and O–H groups in total. The number of ether oxygens (including phenoxy) is 4. The van der Waals surface area contributed by atoms with Crippen LogP contribution in [0.15, 0.2) is 0 Å². The van der Waals surface area contributed by atoms with Crippen LogP contribution in [-0.4, -0.2) is 113 Å². The van der Waals surface area contributed by atoms with E-state index in [9.17, 15) is 34.0 Å². The summed E-state index contributed by atoms with van der Waals surface area (Å²) < 4.78 is 55.8. The fraction of sp³-hybridized carbons (Fsp3) is 1.00. The highest BCUT2D eigenvalue weighted by Gasteiger charge is 2.55. The van der Waals surface area contributed by atoms with Gasteiger partial charge in [-0.3, -0.25) is 4.55 Å². The second-order valence-electron chi connectivity index (χ2n) is 6.15. The van der Waals surface area contributed by atoms with E-state index in [0.29, 0.717) is 0 Å². The van der Waals surface area contributed by atoms with E-state index in [-0.39, 0.29) is 6.61 Å². The first-order valence-electron chi connectivity index (χ1n) is 7.69. The van der Waals surface area contributed by atoms with Crippen LogP contribution in [0.25, 0.3) is 0 Å². The molecule has 3 aliphatic heterocycles. The average molecular weight is 404 g/mol. The van der Waals surface area contributed by atoms with Crippen LogP contribution in [0.3, 0.4) is 0 Å². The Kier molecular flexibility index (Phi) is 5.84. The molecule has 3 aliphatic rings. The summed E-state index contributed by atoms with van der Waals surface area (Å²) in [6, 6.07) is 0. The standard InChI is InChI=1S/C12H20O13S/c13-1-3-8(25-26(18,19)20)5(14)6(15)12(23-3)24-9-4-2-21-10(9)7(16)11(17)22-4/h3-17H,1-2H2,(H,18,19,20)/t3-,4-,5-,6-,7-,8+,9+,10-,11+,12+/m1/s1. The number of rotatable bonds is 5. The van der Waals surface area contributed by atoms with Gasteiger partial charge in [-0.05, 0) is 0 Å². The number of hydrogen-bond acceptors (Lipinski definition) is 12. The monoisotopic (exact) mass is 404 g/mol. The fourth-order valence-electron chi connectivity index (χ4n) is 3.18. The molecule has 152 valence electrons. The lowest BCUT2D eigenvalue weighted by Crippen LogP contribution is -2.63. The number of hydrogen-bond donors (Lipinski definition) is 6. The molecule has 0 aromatic rings. The highest BCUT2D eigenvalue weighted by atomic mass is 32.3. The zero-order valence-corrected chi connectivity index (χ0v) is 14.0. The van der Waals surface area contributed by atoms with Gasteiger partial charge in [0.15, 0.2) is 12.6 Å². The van der Waals surface area contributed by atoms with Crippen LogP contribution in [0.2, 0.25) is 0 Å². The topological polar surface area (TPSA) is 202 Å². The Hall–Kier alpha value is -0.490. The van der Waals surface area contributed by atoms with Crippen LogP contribution < -0.4 is 0 Å². The lowest BCUT2D eigenvalue weighted by Gasteiger charge is -2.43. The molecule has 0 unspecified atom stereocenters. The lowest BCUT2D eigenvalue weighted by molar-refractivity contribution is -0.334. The summed E-state index contributed by atoms with van der Waals surface area (Å²) in [4.78, 5) is 0. The molecule has 0 radical (unpaired) electrons. The predicted molar refractivity (Wildman–Crippen MR) is 75.7 cm³/mol. The lowest BCUT2D eigenvalue weighted by atomic mass is 9.98. The van der Waals surface area contributed by atoms with Gasteiger partial charge in [-0.1, -0.05) is 0 Å². The van der Waals surface area contributed by atoms with Gasteiger partial charge < -0.3 is 44.5 Å². The summed E-state index contributed by atoms with van der Waals surface area (Å²) in [7, 11) is -4.99. The first kappa shape index (κ1) is 20.2. The van der Waals surface area contributed by atoms with Gasteiger partial charge in [0.2, 0.25) is 0 Å². The predicted octanol–water partition coefficient (Wildman–Crippen LogP) is -4.52. The molecular formula is C12H20O13S. The highest BCUT2D eigenvalue weighted by Crippen LogP contribution is 2.34. The maximum Gasteiger partial charge on any atom is 0.397 e. The van der Waals surface area contributed by atoms with Crippen molar-refractivity contribution in [2.45, 2.75) is 61.4 Å². The normalized spacial score (nSPS) is 49.3. The zero-order chi connectivity index (χ0) is 19.2. The van der Waals surface area contributed by atoms with Gasteiger partial charge >= 0.3 is 10.4 Å². The van der Waals surface area contributed by atoms with E-state index in [0.717, 1.165) is 0 Å². The third-order valence-corrected chi connectivity index (χ3v) is 4.90. The van der Waals surface area contributed by atoms with Gasteiger partial charge in [0, 0.05) is 0 Å². The van der Waals surface area contributed by atoms with Gasteiger partial charge in [-0.2, -0.15) is 8.42 Å². The Morgan fingerprint density at radius 2 is 1.69 bits per heavy atom. The zero-order valence-electron chi connectivity index (χ0n) is 13.1. The smallest absolute Gasteiger partial charge is 0.394 e. The number of aliphatic hydroxyl groups is 5. The molecule has 0 spiro atoms. The van der Waals surface area contributed by atoms with E-state index in [1.165, 1.54) is 0 Å². The average Bonchev–Trinajstić information content (AvgIpc) is 2.87. The molecule has 0 aromatic carbocycles. The van der Waals surface area contributed by atoms with Crippen molar-refractivity contribution in [2.75, 3.05) is 13.2 Å². The minimum absolute atomic E-state index is 0.00720. The minimum atomic E-state index is -4.99. The van der Waals surface area contributed by atoms with E-state index >= 15 is 0 Å². The van der Waals surface area contributed by atoms with E-state index < -0.39 is 78.4 Å². The maximum absolute atomic E-state index is 10.9. The Labute approximate surface area is 147 Å². The van der Waals surface area contributed by atoms with Crippen molar-refractivity contribution in [3.8, 4) is 0 Å². The Bertz CT molecular complexity index is 596. The summed E-state index contributed by atoms with van der Waals surface area (Å²) in [5.41, 5.74) is 0. The van der Waals surface area contributed by atoms with Crippen LogP contribution in [0, 0.1) is 0 Å².